The van der Waals surface area contributed by atoms with Crippen molar-refractivity contribution in [2.45, 2.75) is 46.7 Å². The minimum Gasteiger partial charge on any atom is -0.306 e. The summed E-state index contributed by atoms with van der Waals surface area (Å²) in [5.41, 5.74) is 4.90. The van der Waals surface area contributed by atoms with E-state index in [2.05, 4.69) is 69.3 Å². The highest BCUT2D eigenvalue weighted by atomic mass is 15.3. The second kappa shape index (κ2) is 5.17. The lowest BCUT2D eigenvalue weighted by molar-refractivity contribution is 0.420. The zero-order valence-electron chi connectivity index (χ0n) is 12.5. The maximum absolute atomic E-state index is 4.61. The molecule has 3 nitrogen and oxygen atoms in total. The van der Waals surface area contributed by atoms with Gasteiger partial charge in [0.25, 0.3) is 0 Å². The molecule has 102 valence electrons. The first-order valence-electron chi connectivity index (χ1n) is 6.72. The van der Waals surface area contributed by atoms with Crippen molar-refractivity contribution in [2.75, 3.05) is 0 Å². The summed E-state index contributed by atoms with van der Waals surface area (Å²) < 4.78 is 1.94. The molecule has 0 spiro atoms. The highest BCUT2D eigenvalue weighted by Gasteiger charge is 2.10. The van der Waals surface area contributed by atoms with Gasteiger partial charge in [-0.3, -0.25) is 0 Å². The minimum atomic E-state index is 0.115. The maximum Gasteiger partial charge on any atom is 0.0767 e. The van der Waals surface area contributed by atoms with Crippen molar-refractivity contribution in [1.29, 1.82) is 0 Å². The largest absolute Gasteiger partial charge is 0.306 e. The van der Waals surface area contributed by atoms with Crippen LogP contribution in [-0.2, 0) is 6.54 Å². The van der Waals surface area contributed by atoms with E-state index in [-0.39, 0.29) is 5.54 Å². The first-order valence-corrected chi connectivity index (χ1v) is 6.72. The van der Waals surface area contributed by atoms with Gasteiger partial charge in [-0.1, -0.05) is 6.07 Å². The Balaban J connectivity index is 2.14. The molecule has 1 aromatic heterocycles. The lowest BCUT2D eigenvalue weighted by Crippen LogP contribution is -2.35. The third-order valence-corrected chi connectivity index (χ3v) is 3.20. The summed E-state index contributed by atoms with van der Waals surface area (Å²) in [5.74, 6) is 0. The molecule has 2 aromatic rings. The highest BCUT2D eigenvalue weighted by molar-refractivity contribution is 5.39. The molecule has 0 radical (unpaired) electrons. The van der Waals surface area contributed by atoms with E-state index in [1.165, 1.54) is 11.1 Å². The van der Waals surface area contributed by atoms with Crippen molar-refractivity contribution in [3.63, 3.8) is 0 Å². The van der Waals surface area contributed by atoms with E-state index >= 15 is 0 Å². The predicted octanol–water partition coefficient (Wildman–Crippen LogP) is 3.38. The topological polar surface area (TPSA) is 29.9 Å². The fourth-order valence-corrected chi connectivity index (χ4v) is 1.82. The number of nitrogens with zero attached hydrogens (tertiary/aromatic N) is 2. The van der Waals surface area contributed by atoms with Crippen LogP contribution in [0.1, 0.15) is 37.6 Å². The van der Waals surface area contributed by atoms with E-state index in [9.17, 15) is 0 Å². The number of hydrogen-bond acceptors (Lipinski definition) is 2. The van der Waals surface area contributed by atoms with Crippen LogP contribution in [0.15, 0.2) is 30.5 Å². The smallest absolute Gasteiger partial charge is 0.0767 e. The molecule has 0 bridgehead atoms. The Morgan fingerprint density at radius 1 is 1.11 bits per heavy atom. The van der Waals surface area contributed by atoms with Gasteiger partial charge >= 0.3 is 0 Å². The summed E-state index contributed by atoms with van der Waals surface area (Å²) in [6.07, 6.45) is 2.02. The lowest BCUT2D eigenvalue weighted by Gasteiger charge is -2.19. The highest BCUT2D eigenvalue weighted by Crippen LogP contribution is 2.14. The van der Waals surface area contributed by atoms with E-state index in [0.29, 0.717) is 0 Å². The lowest BCUT2D eigenvalue weighted by atomic mass is 10.1. The summed E-state index contributed by atoms with van der Waals surface area (Å²) in [5, 5.41) is 8.06. The van der Waals surface area contributed by atoms with Gasteiger partial charge < -0.3 is 5.32 Å². The van der Waals surface area contributed by atoms with Gasteiger partial charge in [0, 0.05) is 18.3 Å². The molecule has 2 rings (SSSR count). The van der Waals surface area contributed by atoms with Gasteiger partial charge in [0.15, 0.2) is 0 Å². The van der Waals surface area contributed by atoms with Gasteiger partial charge in [0.05, 0.1) is 11.4 Å². The Labute approximate surface area is 115 Å². The van der Waals surface area contributed by atoms with Gasteiger partial charge in [-0.25, -0.2) is 4.68 Å². The van der Waals surface area contributed by atoms with Crippen LogP contribution < -0.4 is 5.32 Å². The predicted molar refractivity (Wildman–Crippen MR) is 79.6 cm³/mol. The number of rotatable bonds is 3. The molecular weight excluding hydrogens is 234 g/mol. The second-order valence-corrected chi connectivity index (χ2v) is 6.12. The van der Waals surface area contributed by atoms with Crippen LogP contribution in [0, 0.1) is 13.8 Å². The molecule has 3 heteroatoms. The monoisotopic (exact) mass is 257 g/mol. The van der Waals surface area contributed by atoms with E-state index < -0.39 is 0 Å². The fourth-order valence-electron chi connectivity index (χ4n) is 1.82. The number of benzene rings is 1. The van der Waals surface area contributed by atoms with Crippen molar-refractivity contribution in [3.8, 4) is 5.69 Å². The van der Waals surface area contributed by atoms with Crippen LogP contribution in [0.5, 0.6) is 0 Å². The molecule has 1 N–H and O–H groups in total. The van der Waals surface area contributed by atoms with Crippen LogP contribution in [0.25, 0.3) is 5.69 Å². The number of aryl methyl sites for hydroxylation is 2. The standard InChI is InChI=1S/C16H23N3/c1-12-6-7-15(10-13(12)2)19-9-8-14(18-19)11-17-16(3,4)5/h6-10,17H,11H2,1-5H3. The summed E-state index contributed by atoms with van der Waals surface area (Å²) >= 11 is 0. The SMILES string of the molecule is Cc1ccc(-n2ccc(CNC(C)(C)C)n2)cc1C. The third-order valence-electron chi connectivity index (χ3n) is 3.20. The van der Waals surface area contributed by atoms with Crippen molar-refractivity contribution >= 4 is 0 Å². The van der Waals surface area contributed by atoms with Gasteiger partial charge in [-0.05, 0) is 63.9 Å². The molecule has 0 fully saturated rings. The van der Waals surface area contributed by atoms with Crippen molar-refractivity contribution in [2.24, 2.45) is 0 Å². The van der Waals surface area contributed by atoms with Gasteiger partial charge in [-0.2, -0.15) is 5.10 Å². The van der Waals surface area contributed by atoms with Gasteiger partial charge in [0.1, 0.15) is 0 Å². The summed E-state index contributed by atoms with van der Waals surface area (Å²) in [6.45, 7) is 11.5. The Hall–Kier alpha value is -1.61. The molecule has 0 saturated carbocycles. The molecule has 0 unspecified atom stereocenters. The minimum absolute atomic E-state index is 0.115. The number of nitrogens with one attached hydrogen (secondary N) is 1. The molecular formula is C16H23N3. The molecule has 0 aliphatic heterocycles. The molecule has 0 saturated heterocycles. The molecule has 19 heavy (non-hydrogen) atoms. The molecule has 1 aromatic carbocycles. The molecule has 1 heterocycles. The summed E-state index contributed by atoms with van der Waals surface area (Å²) in [7, 11) is 0. The zero-order chi connectivity index (χ0) is 14.0. The van der Waals surface area contributed by atoms with E-state index in [4.69, 9.17) is 0 Å². The Morgan fingerprint density at radius 2 is 1.84 bits per heavy atom. The van der Waals surface area contributed by atoms with Crippen molar-refractivity contribution < 1.29 is 0 Å². The number of hydrogen-bond donors (Lipinski definition) is 1. The normalized spacial score (nSPS) is 11.8. The Kier molecular flexibility index (Phi) is 3.76. The molecule has 0 aliphatic carbocycles. The van der Waals surface area contributed by atoms with E-state index in [1.807, 2.05) is 10.9 Å². The summed E-state index contributed by atoms with van der Waals surface area (Å²) in [4.78, 5) is 0. The van der Waals surface area contributed by atoms with Gasteiger partial charge in [-0.15, -0.1) is 0 Å². The van der Waals surface area contributed by atoms with E-state index in [1.54, 1.807) is 0 Å². The molecule has 0 aliphatic rings. The van der Waals surface area contributed by atoms with Crippen LogP contribution >= 0.6 is 0 Å². The maximum atomic E-state index is 4.61. The van der Waals surface area contributed by atoms with Crippen molar-refractivity contribution in [1.82, 2.24) is 15.1 Å². The third kappa shape index (κ3) is 3.67. The summed E-state index contributed by atoms with van der Waals surface area (Å²) in [6, 6.07) is 8.48. The van der Waals surface area contributed by atoms with Crippen LogP contribution in [0.2, 0.25) is 0 Å². The fraction of sp³-hybridized carbons (Fsp3) is 0.438. The Morgan fingerprint density at radius 3 is 2.47 bits per heavy atom. The average Bonchev–Trinajstić information content (AvgIpc) is 2.78. The Bertz CT molecular complexity index is 562. The van der Waals surface area contributed by atoms with Crippen LogP contribution in [-0.4, -0.2) is 15.3 Å². The first kappa shape index (κ1) is 13.8. The average molecular weight is 257 g/mol. The molecule has 0 amide bonds. The quantitative estimate of drug-likeness (QED) is 0.913. The second-order valence-electron chi connectivity index (χ2n) is 6.12. The van der Waals surface area contributed by atoms with Gasteiger partial charge in [0.2, 0.25) is 0 Å². The molecule has 0 atom stereocenters. The van der Waals surface area contributed by atoms with Crippen LogP contribution in [0.3, 0.4) is 0 Å². The number of aromatic nitrogens is 2. The zero-order valence-corrected chi connectivity index (χ0v) is 12.5. The van der Waals surface area contributed by atoms with Crippen molar-refractivity contribution in [3.05, 3.63) is 47.3 Å². The van der Waals surface area contributed by atoms with E-state index in [0.717, 1.165) is 17.9 Å². The first-order chi connectivity index (χ1) is 8.85. The van der Waals surface area contributed by atoms with Crippen LogP contribution in [0.4, 0.5) is 0 Å².